The number of nitrogens with zero attached hydrogens (tertiary/aromatic N) is 3. The van der Waals surface area contributed by atoms with Gasteiger partial charge in [-0.3, -0.25) is 24.0 Å². The average molecular weight is 637 g/mol. The van der Waals surface area contributed by atoms with E-state index >= 15 is 0 Å². The van der Waals surface area contributed by atoms with E-state index in [1.807, 2.05) is 37.3 Å². The molecule has 0 heterocycles. The molecule has 1 aliphatic carbocycles. The third kappa shape index (κ3) is 8.18. The van der Waals surface area contributed by atoms with Gasteiger partial charge in [-0.25, -0.2) is 8.42 Å². The van der Waals surface area contributed by atoms with Crippen LogP contribution in [-0.2, 0) is 26.2 Å². The second kappa shape index (κ2) is 15.0. The predicted molar refractivity (Wildman–Crippen MR) is 171 cm³/mol. The lowest BCUT2D eigenvalue weighted by molar-refractivity contribution is -0.385. The van der Waals surface area contributed by atoms with Gasteiger partial charge in [0.1, 0.15) is 18.3 Å². The van der Waals surface area contributed by atoms with Gasteiger partial charge in [-0.1, -0.05) is 62.6 Å². The number of sulfonamides is 1. The van der Waals surface area contributed by atoms with Crippen molar-refractivity contribution >= 4 is 33.2 Å². The molecule has 4 rings (SSSR count). The van der Waals surface area contributed by atoms with Gasteiger partial charge in [-0.05, 0) is 62.1 Å². The Kier molecular flexibility index (Phi) is 11.2. The van der Waals surface area contributed by atoms with Crippen LogP contribution in [0.25, 0.3) is 0 Å². The molecule has 0 aliphatic heterocycles. The maximum absolute atomic E-state index is 14.3. The number of nitrogens with one attached hydrogen (secondary N) is 1. The summed E-state index contributed by atoms with van der Waals surface area (Å²) >= 11 is 0. The summed E-state index contributed by atoms with van der Waals surface area (Å²) in [4.78, 5) is 40.0. The van der Waals surface area contributed by atoms with Crippen LogP contribution in [0.15, 0.2) is 77.7 Å². The van der Waals surface area contributed by atoms with E-state index in [1.165, 1.54) is 43.2 Å². The topological polar surface area (TPSA) is 139 Å². The van der Waals surface area contributed by atoms with E-state index in [1.54, 1.807) is 12.1 Å². The fourth-order valence-electron chi connectivity index (χ4n) is 5.59. The SMILES string of the molecule is CC[C@H](C(=O)NC1CCCCC1)N(Cc1ccccc1)C(=O)CN(c1ccc(OC)cc1)S(=O)(=O)c1ccc(C)c([N+](=O)[O-])c1. The van der Waals surface area contributed by atoms with Gasteiger partial charge in [0.15, 0.2) is 0 Å². The molecule has 1 saturated carbocycles. The molecule has 11 nitrogen and oxygen atoms in total. The number of rotatable bonds is 13. The molecule has 3 aromatic carbocycles. The summed E-state index contributed by atoms with van der Waals surface area (Å²) in [6.45, 7) is 2.78. The molecule has 0 bridgehead atoms. The lowest BCUT2D eigenvalue weighted by atomic mass is 9.95. The lowest BCUT2D eigenvalue weighted by Crippen LogP contribution is -2.54. The minimum absolute atomic E-state index is 0.0301. The molecule has 0 spiro atoms. The van der Waals surface area contributed by atoms with Crippen LogP contribution in [0, 0.1) is 17.0 Å². The van der Waals surface area contributed by atoms with Crippen molar-refractivity contribution in [2.45, 2.75) is 75.9 Å². The zero-order chi connectivity index (χ0) is 32.6. The summed E-state index contributed by atoms with van der Waals surface area (Å²) in [7, 11) is -3.01. The Morgan fingerprint density at radius 1 is 1.02 bits per heavy atom. The van der Waals surface area contributed by atoms with E-state index in [-0.39, 0.29) is 34.8 Å². The Morgan fingerprint density at radius 2 is 1.69 bits per heavy atom. The van der Waals surface area contributed by atoms with E-state index in [2.05, 4.69) is 5.32 Å². The first-order chi connectivity index (χ1) is 21.5. The number of carbonyl (C=O) groups excluding carboxylic acids is 2. The number of carbonyl (C=O) groups is 2. The van der Waals surface area contributed by atoms with E-state index in [4.69, 9.17) is 4.74 Å². The van der Waals surface area contributed by atoms with Crippen molar-refractivity contribution in [2.75, 3.05) is 18.0 Å². The number of aryl methyl sites for hydroxylation is 1. The summed E-state index contributed by atoms with van der Waals surface area (Å²) in [5, 5.41) is 14.8. The van der Waals surface area contributed by atoms with Crippen LogP contribution >= 0.6 is 0 Å². The van der Waals surface area contributed by atoms with Crippen molar-refractivity contribution in [1.29, 1.82) is 0 Å². The van der Waals surface area contributed by atoms with Crippen LogP contribution in [0.1, 0.15) is 56.6 Å². The second-order valence-corrected chi connectivity index (χ2v) is 13.1. The van der Waals surface area contributed by atoms with E-state index in [0.29, 0.717) is 17.7 Å². The van der Waals surface area contributed by atoms with Gasteiger partial charge in [0.2, 0.25) is 11.8 Å². The molecule has 240 valence electrons. The minimum atomic E-state index is -4.48. The van der Waals surface area contributed by atoms with Crippen LogP contribution in [0.3, 0.4) is 0 Å². The molecule has 45 heavy (non-hydrogen) atoms. The van der Waals surface area contributed by atoms with Gasteiger partial charge in [0.05, 0.1) is 22.6 Å². The summed E-state index contributed by atoms with van der Waals surface area (Å²) < 4.78 is 34.5. The molecule has 1 atom stereocenters. The van der Waals surface area contributed by atoms with Gasteiger partial charge >= 0.3 is 0 Å². The highest BCUT2D eigenvalue weighted by molar-refractivity contribution is 7.92. The van der Waals surface area contributed by atoms with Crippen molar-refractivity contribution < 1.29 is 27.7 Å². The number of anilines is 1. The Hall–Kier alpha value is -4.45. The highest BCUT2D eigenvalue weighted by atomic mass is 32.2. The zero-order valence-corrected chi connectivity index (χ0v) is 26.7. The summed E-state index contributed by atoms with van der Waals surface area (Å²) in [6, 6.07) is 18.2. The second-order valence-electron chi connectivity index (χ2n) is 11.2. The monoisotopic (exact) mass is 636 g/mol. The van der Waals surface area contributed by atoms with Crippen LogP contribution in [0.2, 0.25) is 0 Å². The van der Waals surface area contributed by atoms with E-state index in [0.717, 1.165) is 48.0 Å². The molecule has 0 saturated heterocycles. The highest BCUT2D eigenvalue weighted by Gasteiger charge is 2.35. The molecule has 3 aromatic rings. The van der Waals surface area contributed by atoms with Gasteiger partial charge < -0.3 is 15.0 Å². The average Bonchev–Trinajstić information content (AvgIpc) is 3.04. The van der Waals surface area contributed by atoms with E-state index in [9.17, 15) is 28.1 Å². The Labute approximate surface area is 264 Å². The quantitative estimate of drug-likeness (QED) is 0.197. The van der Waals surface area contributed by atoms with Crippen LogP contribution < -0.4 is 14.4 Å². The van der Waals surface area contributed by atoms with Crippen molar-refractivity contribution in [3.8, 4) is 5.75 Å². The van der Waals surface area contributed by atoms with Gasteiger partial charge in [-0.15, -0.1) is 0 Å². The number of nitro groups is 1. The molecular weight excluding hydrogens is 596 g/mol. The lowest BCUT2D eigenvalue weighted by Gasteiger charge is -2.34. The van der Waals surface area contributed by atoms with Gasteiger partial charge in [0.25, 0.3) is 15.7 Å². The molecule has 0 unspecified atom stereocenters. The number of methoxy groups -OCH3 is 1. The third-order valence-electron chi connectivity index (χ3n) is 8.14. The minimum Gasteiger partial charge on any atom is -0.497 e. The maximum Gasteiger partial charge on any atom is 0.273 e. The summed E-state index contributed by atoms with van der Waals surface area (Å²) in [6.07, 6.45) is 5.25. The highest BCUT2D eigenvalue weighted by Crippen LogP contribution is 2.30. The predicted octanol–water partition coefficient (Wildman–Crippen LogP) is 5.36. The number of benzene rings is 3. The normalized spacial score (nSPS) is 14.3. The number of hydrogen-bond donors (Lipinski definition) is 1. The van der Waals surface area contributed by atoms with Crippen LogP contribution in [0.4, 0.5) is 11.4 Å². The van der Waals surface area contributed by atoms with Crippen molar-refractivity contribution in [3.63, 3.8) is 0 Å². The Morgan fingerprint density at radius 3 is 2.29 bits per heavy atom. The molecule has 12 heteroatoms. The summed E-state index contributed by atoms with van der Waals surface area (Å²) in [5.74, 6) is -0.392. The molecule has 0 aromatic heterocycles. The first kappa shape index (κ1) is 33.4. The third-order valence-corrected chi connectivity index (χ3v) is 9.91. The number of nitro benzene ring substituents is 1. The standard InChI is InChI=1S/C33H40N4O7S/c1-4-30(33(39)34-26-13-9-6-10-14-26)35(22-25-11-7-5-8-12-25)32(38)23-36(27-16-18-28(44-3)19-17-27)45(42,43)29-20-15-24(2)31(21-29)37(40)41/h5,7-8,11-12,15-21,26,30H,4,6,9-10,13-14,22-23H2,1-3H3,(H,34,39)/t30-/m1/s1. The number of hydrogen-bond acceptors (Lipinski definition) is 7. The number of amides is 2. The number of ether oxygens (including phenoxy) is 1. The van der Waals surface area contributed by atoms with Gasteiger partial charge in [-0.2, -0.15) is 0 Å². The maximum atomic E-state index is 14.3. The van der Waals surface area contributed by atoms with Crippen LogP contribution in [0.5, 0.6) is 5.75 Å². The molecule has 1 fully saturated rings. The molecular formula is C33H40N4O7S. The van der Waals surface area contributed by atoms with Crippen molar-refractivity contribution in [2.24, 2.45) is 0 Å². The van der Waals surface area contributed by atoms with Crippen molar-refractivity contribution in [1.82, 2.24) is 10.2 Å². The molecule has 1 N–H and O–H groups in total. The molecule has 1 aliphatic rings. The fraction of sp³-hybridized carbons (Fsp3) is 0.394. The molecule has 2 amide bonds. The van der Waals surface area contributed by atoms with Gasteiger partial charge in [0, 0.05) is 24.2 Å². The first-order valence-electron chi connectivity index (χ1n) is 15.1. The first-order valence-corrected chi connectivity index (χ1v) is 16.5. The Bertz CT molecular complexity index is 1590. The summed E-state index contributed by atoms with van der Waals surface area (Å²) in [5.41, 5.74) is 0.887. The smallest absolute Gasteiger partial charge is 0.273 e. The van der Waals surface area contributed by atoms with E-state index < -0.39 is 33.4 Å². The van der Waals surface area contributed by atoms with Crippen LogP contribution in [-0.4, -0.2) is 55.8 Å². The fourth-order valence-corrected chi connectivity index (χ4v) is 7.03. The molecule has 0 radical (unpaired) electrons. The zero-order valence-electron chi connectivity index (χ0n) is 25.8. The Balaban J connectivity index is 1.74. The van der Waals surface area contributed by atoms with Crippen molar-refractivity contribution in [3.05, 3.63) is 94.0 Å². The largest absolute Gasteiger partial charge is 0.497 e.